The minimum absolute atomic E-state index is 0.0762. The van der Waals surface area contributed by atoms with Gasteiger partial charge < -0.3 is 10.0 Å². The molecule has 0 aromatic carbocycles. The Morgan fingerprint density at radius 3 is 2.30 bits per heavy atom. The summed E-state index contributed by atoms with van der Waals surface area (Å²) in [7, 11) is 1.89. The Labute approximate surface area is 136 Å². The third-order valence-corrected chi connectivity index (χ3v) is 3.99. The van der Waals surface area contributed by atoms with Gasteiger partial charge in [-0.2, -0.15) is 5.10 Å². The van der Waals surface area contributed by atoms with Crippen molar-refractivity contribution in [2.75, 3.05) is 13.2 Å². The average Bonchev–Trinajstić information content (AvgIpc) is 2.71. The second-order valence-corrected chi connectivity index (χ2v) is 5.86. The van der Waals surface area contributed by atoms with E-state index >= 15 is 0 Å². The predicted octanol–water partition coefficient (Wildman–Crippen LogP) is 1.68. The van der Waals surface area contributed by atoms with Crippen molar-refractivity contribution in [2.24, 2.45) is 7.05 Å². The Morgan fingerprint density at radius 1 is 1.22 bits per heavy atom. The van der Waals surface area contributed by atoms with Crippen molar-refractivity contribution < 1.29 is 9.90 Å². The molecule has 0 bridgehead atoms. The van der Waals surface area contributed by atoms with Crippen LogP contribution in [-0.2, 0) is 13.6 Å². The van der Waals surface area contributed by atoms with E-state index in [0.29, 0.717) is 12.1 Å². The average molecular weight is 316 g/mol. The Kier molecular flexibility index (Phi) is 5.15. The number of amides is 1. The van der Waals surface area contributed by atoms with E-state index in [0.717, 1.165) is 28.3 Å². The molecule has 0 spiro atoms. The Balaban J connectivity index is 2.32. The van der Waals surface area contributed by atoms with Crippen molar-refractivity contribution in [2.45, 2.75) is 34.2 Å². The van der Waals surface area contributed by atoms with Gasteiger partial charge in [0, 0.05) is 48.3 Å². The lowest BCUT2D eigenvalue weighted by Crippen LogP contribution is -2.33. The van der Waals surface area contributed by atoms with Gasteiger partial charge in [0.05, 0.1) is 12.3 Å². The molecule has 1 amide bonds. The van der Waals surface area contributed by atoms with E-state index in [1.165, 1.54) is 0 Å². The SMILES string of the molecule is Cc1cc(C(=O)N(CCO)Cc2c(C)nn(C)c2C)cc(C)n1. The van der Waals surface area contributed by atoms with Crippen molar-refractivity contribution in [3.63, 3.8) is 0 Å². The molecule has 6 nitrogen and oxygen atoms in total. The van der Waals surface area contributed by atoms with Crippen LogP contribution in [-0.4, -0.2) is 43.8 Å². The summed E-state index contributed by atoms with van der Waals surface area (Å²) in [4.78, 5) is 18.8. The lowest BCUT2D eigenvalue weighted by atomic mass is 10.1. The minimum atomic E-state index is -0.102. The first-order valence-electron chi connectivity index (χ1n) is 7.68. The van der Waals surface area contributed by atoms with Gasteiger partial charge in [0.1, 0.15) is 0 Å². The molecule has 0 radical (unpaired) electrons. The fourth-order valence-electron chi connectivity index (χ4n) is 2.75. The second-order valence-electron chi connectivity index (χ2n) is 5.86. The number of aliphatic hydroxyl groups excluding tert-OH is 1. The van der Waals surface area contributed by atoms with Crippen molar-refractivity contribution in [1.82, 2.24) is 19.7 Å². The Bertz CT molecular complexity index is 701. The first-order valence-corrected chi connectivity index (χ1v) is 7.68. The highest BCUT2D eigenvalue weighted by Crippen LogP contribution is 2.17. The minimum Gasteiger partial charge on any atom is -0.395 e. The van der Waals surface area contributed by atoms with Crippen LogP contribution in [0.2, 0.25) is 0 Å². The molecule has 0 aliphatic rings. The van der Waals surface area contributed by atoms with Crippen molar-refractivity contribution >= 4 is 5.91 Å². The van der Waals surface area contributed by atoms with E-state index in [9.17, 15) is 9.90 Å². The number of hydrogen-bond acceptors (Lipinski definition) is 4. The maximum Gasteiger partial charge on any atom is 0.254 e. The van der Waals surface area contributed by atoms with Crippen molar-refractivity contribution in [3.8, 4) is 0 Å². The number of aryl methyl sites for hydroxylation is 4. The van der Waals surface area contributed by atoms with Crippen LogP contribution in [0.5, 0.6) is 0 Å². The molecule has 0 fully saturated rings. The predicted molar refractivity (Wildman–Crippen MR) is 88.2 cm³/mol. The maximum absolute atomic E-state index is 12.8. The largest absolute Gasteiger partial charge is 0.395 e. The van der Waals surface area contributed by atoms with Crippen LogP contribution in [0.4, 0.5) is 0 Å². The van der Waals surface area contributed by atoms with Gasteiger partial charge >= 0.3 is 0 Å². The number of pyridine rings is 1. The Morgan fingerprint density at radius 2 is 1.83 bits per heavy atom. The zero-order chi connectivity index (χ0) is 17.1. The zero-order valence-corrected chi connectivity index (χ0v) is 14.4. The van der Waals surface area contributed by atoms with Gasteiger partial charge in [-0.3, -0.25) is 14.5 Å². The van der Waals surface area contributed by atoms with Crippen LogP contribution in [0.1, 0.15) is 38.7 Å². The quantitative estimate of drug-likeness (QED) is 0.911. The summed E-state index contributed by atoms with van der Waals surface area (Å²) in [5.41, 5.74) is 5.18. The Hall–Kier alpha value is -2.21. The van der Waals surface area contributed by atoms with Gasteiger partial charge in [0.25, 0.3) is 5.91 Å². The van der Waals surface area contributed by atoms with E-state index in [1.807, 2.05) is 39.4 Å². The standard InChI is InChI=1S/C17H24N4O2/c1-11-8-15(9-12(2)18-11)17(23)21(6-7-22)10-16-13(3)19-20(5)14(16)4/h8-9,22H,6-7,10H2,1-5H3. The van der Waals surface area contributed by atoms with Crippen LogP contribution in [0.25, 0.3) is 0 Å². The number of aliphatic hydroxyl groups is 1. The molecule has 0 aliphatic carbocycles. The molecule has 2 rings (SSSR count). The normalized spacial score (nSPS) is 10.9. The van der Waals surface area contributed by atoms with E-state index in [1.54, 1.807) is 17.0 Å². The van der Waals surface area contributed by atoms with Crippen molar-refractivity contribution in [1.29, 1.82) is 0 Å². The summed E-state index contributed by atoms with van der Waals surface area (Å²) in [5, 5.41) is 13.7. The molecule has 0 unspecified atom stereocenters. The number of aromatic nitrogens is 3. The number of rotatable bonds is 5. The number of nitrogens with zero attached hydrogens (tertiary/aromatic N) is 4. The fourth-order valence-corrected chi connectivity index (χ4v) is 2.75. The highest BCUT2D eigenvalue weighted by Gasteiger charge is 2.20. The van der Waals surface area contributed by atoms with Crippen LogP contribution < -0.4 is 0 Å². The fraction of sp³-hybridized carbons (Fsp3) is 0.471. The molecule has 6 heteroatoms. The summed E-state index contributed by atoms with van der Waals surface area (Å²) in [5.74, 6) is -0.102. The molecule has 2 aromatic heterocycles. The van der Waals surface area contributed by atoms with E-state index in [-0.39, 0.29) is 19.1 Å². The molecule has 0 aliphatic heterocycles. The van der Waals surface area contributed by atoms with Crippen LogP contribution in [0.3, 0.4) is 0 Å². The highest BCUT2D eigenvalue weighted by atomic mass is 16.3. The highest BCUT2D eigenvalue weighted by molar-refractivity contribution is 5.94. The topological polar surface area (TPSA) is 71.2 Å². The van der Waals surface area contributed by atoms with Gasteiger partial charge in [-0.1, -0.05) is 0 Å². The summed E-state index contributed by atoms with van der Waals surface area (Å²) in [6.07, 6.45) is 0. The molecule has 124 valence electrons. The maximum atomic E-state index is 12.8. The molecule has 2 aromatic rings. The van der Waals surface area contributed by atoms with Crippen molar-refractivity contribution in [3.05, 3.63) is 46.0 Å². The molecular weight excluding hydrogens is 292 g/mol. The van der Waals surface area contributed by atoms with Crippen LogP contribution >= 0.6 is 0 Å². The van der Waals surface area contributed by atoms with E-state index in [2.05, 4.69) is 10.1 Å². The molecule has 0 saturated carbocycles. The summed E-state index contributed by atoms with van der Waals surface area (Å²) >= 11 is 0. The summed E-state index contributed by atoms with van der Waals surface area (Å²) in [6.45, 7) is 8.30. The summed E-state index contributed by atoms with van der Waals surface area (Å²) in [6, 6.07) is 3.56. The van der Waals surface area contributed by atoms with Crippen LogP contribution in [0.15, 0.2) is 12.1 Å². The van der Waals surface area contributed by atoms with Crippen LogP contribution in [0, 0.1) is 27.7 Å². The van der Waals surface area contributed by atoms with Gasteiger partial charge in [-0.15, -0.1) is 0 Å². The van der Waals surface area contributed by atoms with E-state index in [4.69, 9.17) is 0 Å². The number of carbonyl (C=O) groups excluding carboxylic acids is 1. The molecular formula is C17H24N4O2. The smallest absolute Gasteiger partial charge is 0.254 e. The molecule has 0 atom stereocenters. The van der Waals surface area contributed by atoms with Gasteiger partial charge in [0.15, 0.2) is 0 Å². The third-order valence-electron chi connectivity index (χ3n) is 3.99. The molecule has 23 heavy (non-hydrogen) atoms. The van der Waals surface area contributed by atoms with Gasteiger partial charge in [0.2, 0.25) is 0 Å². The monoisotopic (exact) mass is 316 g/mol. The third kappa shape index (κ3) is 3.76. The number of hydrogen-bond donors (Lipinski definition) is 1. The lowest BCUT2D eigenvalue weighted by Gasteiger charge is -2.22. The summed E-state index contributed by atoms with van der Waals surface area (Å²) < 4.78 is 1.81. The zero-order valence-electron chi connectivity index (χ0n) is 14.4. The van der Waals surface area contributed by atoms with E-state index < -0.39 is 0 Å². The second kappa shape index (κ2) is 6.91. The molecule has 2 heterocycles. The first kappa shape index (κ1) is 17.1. The first-order chi connectivity index (χ1) is 10.8. The molecule has 0 saturated heterocycles. The van der Waals surface area contributed by atoms with Gasteiger partial charge in [-0.05, 0) is 39.8 Å². The number of carbonyl (C=O) groups is 1. The van der Waals surface area contributed by atoms with Gasteiger partial charge in [-0.25, -0.2) is 0 Å². The lowest BCUT2D eigenvalue weighted by molar-refractivity contribution is 0.0707. The molecule has 1 N–H and O–H groups in total.